The van der Waals surface area contributed by atoms with Crippen molar-refractivity contribution in [1.82, 2.24) is 55.7 Å². The number of rotatable bonds is 5. The van der Waals surface area contributed by atoms with E-state index in [9.17, 15) is 34.2 Å². The fraction of sp³-hybridized carbons (Fsp3) is 0.743. The van der Waals surface area contributed by atoms with Gasteiger partial charge in [0, 0.05) is 19.6 Å². The molecule has 3 saturated heterocycles. The first kappa shape index (κ1) is 41.4. The molecule has 7 rings (SSSR count). The van der Waals surface area contributed by atoms with Crippen molar-refractivity contribution in [1.29, 1.82) is 0 Å². The zero-order valence-electron chi connectivity index (χ0n) is 33.0. The average molecular weight is 818 g/mol. The van der Waals surface area contributed by atoms with Gasteiger partial charge in [-0.05, 0) is 60.3 Å². The number of amides is 7. The molecule has 7 amide bonds. The second-order valence-electron chi connectivity index (χ2n) is 16.4. The van der Waals surface area contributed by atoms with E-state index in [-0.39, 0.29) is 39.7 Å². The molecule has 0 spiro atoms. The summed E-state index contributed by atoms with van der Waals surface area (Å²) in [5, 5.41) is 45.7. The fourth-order valence-electron chi connectivity index (χ4n) is 8.59. The minimum Gasteiger partial charge on any atom is -0.444 e. The summed E-state index contributed by atoms with van der Waals surface area (Å²) in [6, 6.07) is -2.73. The number of aromatic nitrogens is 6. The molecule has 58 heavy (non-hydrogen) atoms. The van der Waals surface area contributed by atoms with Crippen molar-refractivity contribution in [2.75, 3.05) is 32.8 Å². The Morgan fingerprint density at radius 1 is 0.897 bits per heavy atom. The molecule has 4 bridgehead atoms. The van der Waals surface area contributed by atoms with Crippen molar-refractivity contribution in [2.45, 2.75) is 122 Å². The molecule has 23 nitrogen and oxygen atoms in total. The van der Waals surface area contributed by atoms with Gasteiger partial charge in [0.25, 0.3) is 0 Å². The molecule has 4 unspecified atom stereocenters. The molecule has 5 N–H and O–H groups in total. The van der Waals surface area contributed by atoms with E-state index in [2.05, 4.69) is 36.6 Å². The van der Waals surface area contributed by atoms with Crippen LogP contribution in [0.5, 0.6) is 0 Å². The van der Waals surface area contributed by atoms with Crippen LogP contribution < -0.4 is 16.0 Å². The largest absolute Gasteiger partial charge is 0.444 e. The van der Waals surface area contributed by atoms with E-state index >= 15 is 0 Å². The van der Waals surface area contributed by atoms with Crippen LogP contribution in [0.3, 0.4) is 0 Å². The highest BCUT2D eigenvalue weighted by molar-refractivity contribution is 6.10. The Balaban J connectivity index is 1.12. The van der Waals surface area contributed by atoms with Gasteiger partial charge in [-0.15, -0.1) is 10.2 Å². The number of hydrogen-bond donors (Lipinski definition) is 5. The highest BCUT2D eigenvalue weighted by Gasteiger charge is 2.80. The fourth-order valence-corrected chi connectivity index (χ4v) is 8.59. The Hall–Kier alpha value is -4.81. The molecule has 0 radical (unpaired) electrons. The van der Waals surface area contributed by atoms with Crippen molar-refractivity contribution < 1.29 is 57.9 Å². The van der Waals surface area contributed by atoms with Crippen molar-refractivity contribution >= 4 is 30.0 Å². The summed E-state index contributed by atoms with van der Waals surface area (Å²) >= 11 is 0. The molecule has 4 aliphatic heterocycles. The van der Waals surface area contributed by atoms with E-state index in [1.165, 1.54) is 19.2 Å². The van der Waals surface area contributed by atoms with Crippen LogP contribution in [0.1, 0.15) is 58.8 Å². The summed E-state index contributed by atoms with van der Waals surface area (Å²) in [4.78, 5) is 69.0. The monoisotopic (exact) mass is 817 g/mol. The summed E-state index contributed by atoms with van der Waals surface area (Å²) in [7, 11) is 0. The zero-order valence-corrected chi connectivity index (χ0v) is 33.0. The number of aryl methyl sites for hydroxylation is 2. The number of alkyl carbamates (subject to hydrolysis) is 1. The summed E-state index contributed by atoms with van der Waals surface area (Å²) in [5.74, 6) is -1.14. The molecule has 4 fully saturated rings. The third-order valence-corrected chi connectivity index (χ3v) is 11.6. The topological polar surface area (TPSA) is 276 Å². The number of nitrogens with one attached hydrogen (secondary N) is 3. The molecule has 23 heteroatoms. The van der Waals surface area contributed by atoms with Crippen LogP contribution in [0.25, 0.3) is 0 Å². The SMILES string of the molecule is CC(C)(C)OC(=O)NCCO[C@H]1O[C@H](CO)[C@@H](O)[C@@H]2OCn3cc(nn3)CCCN3C(=O)NC(=O)C4(C)C3C3N(CCCc5cn(nn5)CO[C@H]12)C(=O)NC(=O)C34C. The lowest BCUT2D eigenvalue weighted by molar-refractivity contribution is -0.324. The number of fused-ring (bicyclic) bond motifs is 6. The molecular formula is C35H51N11O12. The maximum Gasteiger partial charge on any atom is 0.407 e. The Labute approximate surface area is 332 Å². The van der Waals surface area contributed by atoms with Crippen molar-refractivity contribution in [3.63, 3.8) is 0 Å². The summed E-state index contributed by atoms with van der Waals surface area (Å²) < 4.78 is 32.4. The first-order chi connectivity index (χ1) is 27.5. The van der Waals surface area contributed by atoms with E-state index in [0.717, 1.165) is 0 Å². The van der Waals surface area contributed by atoms with Gasteiger partial charge in [-0.3, -0.25) is 20.2 Å². The summed E-state index contributed by atoms with van der Waals surface area (Å²) in [6.07, 6.45) is -1.69. The Kier molecular flexibility index (Phi) is 11.5. The van der Waals surface area contributed by atoms with Crippen LogP contribution in [0.2, 0.25) is 0 Å². The Bertz CT molecular complexity index is 1890. The number of imide groups is 2. The van der Waals surface area contributed by atoms with Gasteiger partial charge in [-0.2, -0.15) is 0 Å². The second kappa shape index (κ2) is 16.1. The van der Waals surface area contributed by atoms with Crippen LogP contribution in [0.4, 0.5) is 14.4 Å². The van der Waals surface area contributed by atoms with Crippen molar-refractivity contribution in [3.05, 3.63) is 23.8 Å². The molecule has 0 aromatic carbocycles. The van der Waals surface area contributed by atoms with Gasteiger partial charge in [0.2, 0.25) is 11.8 Å². The van der Waals surface area contributed by atoms with Crippen LogP contribution >= 0.6 is 0 Å². The van der Waals surface area contributed by atoms with Crippen LogP contribution in [0.15, 0.2) is 12.4 Å². The van der Waals surface area contributed by atoms with E-state index in [1.807, 2.05) is 0 Å². The molecule has 1 saturated carbocycles. The highest BCUT2D eigenvalue weighted by atomic mass is 16.7. The molecule has 318 valence electrons. The van der Waals surface area contributed by atoms with Gasteiger partial charge >= 0.3 is 18.2 Å². The highest BCUT2D eigenvalue weighted by Crippen LogP contribution is 2.63. The number of nitrogens with zero attached hydrogens (tertiary/aromatic N) is 8. The summed E-state index contributed by atoms with van der Waals surface area (Å²) in [5.41, 5.74) is -2.20. The molecule has 9 atom stereocenters. The third-order valence-electron chi connectivity index (χ3n) is 11.6. The number of carbonyl (C=O) groups is 5. The Morgan fingerprint density at radius 3 is 1.91 bits per heavy atom. The summed E-state index contributed by atoms with van der Waals surface area (Å²) in [6.45, 7) is 7.95. The lowest BCUT2D eigenvalue weighted by Crippen LogP contribution is -2.91. The second-order valence-corrected chi connectivity index (χ2v) is 16.4. The number of aliphatic hydroxyl groups is 2. The van der Waals surface area contributed by atoms with Crippen LogP contribution in [0, 0.1) is 10.8 Å². The zero-order chi connectivity index (χ0) is 41.6. The molecule has 6 heterocycles. The molecule has 1 aliphatic carbocycles. The number of aliphatic hydroxyl groups excluding tert-OH is 2. The average Bonchev–Trinajstić information content (AvgIpc) is 3.82. The Morgan fingerprint density at radius 2 is 1.41 bits per heavy atom. The first-order valence-electron chi connectivity index (χ1n) is 19.3. The minimum atomic E-state index is -1.37. The number of hydrogen-bond acceptors (Lipinski definition) is 16. The smallest absolute Gasteiger partial charge is 0.407 e. The van der Waals surface area contributed by atoms with Gasteiger partial charge in [0.15, 0.2) is 6.29 Å². The predicted molar refractivity (Wildman–Crippen MR) is 193 cm³/mol. The molecule has 5 aliphatic rings. The molecule has 2 aromatic heterocycles. The van der Waals surface area contributed by atoms with Crippen LogP contribution in [-0.2, 0) is 59.6 Å². The quantitative estimate of drug-likeness (QED) is 0.218. The predicted octanol–water partition coefficient (Wildman–Crippen LogP) is -1.38. The van der Waals surface area contributed by atoms with Crippen LogP contribution in [-0.4, -0.2) is 161 Å². The minimum absolute atomic E-state index is 0.0451. The van der Waals surface area contributed by atoms with Gasteiger partial charge in [-0.25, -0.2) is 23.7 Å². The van der Waals surface area contributed by atoms with E-state index in [1.54, 1.807) is 47.0 Å². The van der Waals surface area contributed by atoms with Crippen molar-refractivity contribution in [2.24, 2.45) is 10.8 Å². The van der Waals surface area contributed by atoms with Gasteiger partial charge < -0.3 is 49.0 Å². The lowest BCUT2D eigenvalue weighted by Gasteiger charge is -2.71. The third kappa shape index (κ3) is 7.61. The van der Waals surface area contributed by atoms with Crippen molar-refractivity contribution in [3.8, 4) is 0 Å². The first-order valence-corrected chi connectivity index (χ1v) is 19.3. The maximum absolute atomic E-state index is 13.5. The van der Waals surface area contributed by atoms with E-state index in [4.69, 9.17) is 23.7 Å². The number of ether oxygens (including phenoxy) is 5. The molecule has 2 aromatic rings. The van der Waals surface area contributed by atoms with E-state index < -0.39 is 95.8 Å². The van der Waals surface area contributed by atoms with Gasteiger partial charge in [0.1, 0.15) is 43.5 Å². The normalized spacial score (nSPS) is 33.3. The number of carbonyl (C=O) groups excluding carboxylic acids is 5. The standard InChI is InChI=1S/C35H51N11O12/c1-33(2,3)58-32(53)36-10-13-54-27-24-23(22(48)21(16-47)57-27)55-17-43-14-19(39-41-43)8-6-11-45-25-26-35(5,34(25,4)28(49)37-30(45)51)29(50)38-31(52)46(26)12-7-9-20-15-44(18-56-24)42-40-20/h14-15,21-27,47-48H,6-13,16-18H2,1-5H3,(H,36,53)(H,37,49,51)(H,38,50,52)/t21-,22-,23+,24+,25?,26?,27+,34?,35?/m1/s1. The van der Waals surface area contributed by atoms with E-state index in [0.29, 0.717) is 37.1 Å². The van der Waals surface area contributed by atoms with Gasteiger partial charge in [-0.1, -0.05) is 10.4 Å². The number of urea groups is 2. The lowest BCUT2D eigenvalue weighted by atomic mass is 9.42. The maximum atomic E-state index is 13.5. The molecular weight excluding hydrogens is 766 g/mol. The van der Waals surface area contributed by atoms with Gasteiger partial charge in [0.05, 0.1) is 59.9 Å².